The molecular weight excluding hydrogens is 292 g/mol. The Hall–Kier alpha value is -0.920. The van der Waals surface area contributed by atoms with Gasteiger partial charge in [0.05, 0.1) is 12.5 Å². The molecule has 2 saturated heterocycles. The van der Waals surface area contributed by atoms with Crippen LogP contribution in [-0.4, -0.2) is 58.3 Å². The van der Waals surface area contributed by atoms with E-state index in [4.69, 9.17) is 0 Å². The van der Waals surface area contributed by atoms with E-state index in [0.717, 1.165) is 13.0 Å². The van der Waals surface area contributed by atoms with Crippen molar-refractivity contribution in [2.24, 2.45) is 5.92 Å². The van der Waals surface area contributed by atoms with E-state index in [2.05, 4.69) is 17.9 Å². The quantitative estimate of drug-likeness (QED) is 0.517. The monoisotopic (exact) mass is 315 g/mol. The van der Waals surface area contributed by atoms with Gasteiger partial charge in [0.1, 0.15) is 6.04 Å². The van der Waals surface area contributed by atoms with Gasteiger partial charge in [-0.05, 0) is 26.3 Å². The predicted octanol–water partition coefficient (Wildman–Crippen LogP) is 0.421. The second-order valence-electron chi connectivity index (χ2n) is 6.00. The third-order valence-corrected chi connectivity index (χ3v) is 5.19. The van der Waals surface area contributed by atoms with Gasteiger partial charge in [-0.15, -0.1) is 0 Å². The number of hydrogen-bond donors (Lipinski definition) is 3. The Morgan fingerprint density at radius 2 is 2.05 bits per heavy atom. The van der Waals surface area contributed by atoms with Crippen LogP contribution in [0.4, 0.5) is 0 Å². The van der Waals surface area contributed by atoms with Crippen LogP contribution in [-0.2, 0) is 14.4 Å². The number of carbonyl (C=O) groups is 3. The van der Waals surface area contributed by atoms with E-state index in [1.54, 1.807) is 6.92 Å². The molecule has 7 heteroatoms. The Kier molecular flexibility index (Phi) is 5.06. The zero-order valence-corrected chi connectivity index (χ0v) is 13.1. The number of rotatable bonds is 4. The lowest BCUT2D eigenvalue weighted by Gasteiger charge is -2.36. The minimum absolute atomic E-state index is 0.268. The van der Waals surface area contributed by atoms with Gasteiger partial charge in [-0.25, -0.2) is 14.4 Å². The molecule has 2 fully saturated rings. The molecular formula is C14H23N2O4S+. The summed E-state index contributed by atoms with van der Waals surface area (Å²) in [6.45, 7) is 2.75. The zero-order valence-electron chi connectivity index (χ0n) is 12.2. The molecule has 0 bridgehead atoms. The predicted molar refractivity (Wildman–Crippen MR) is 79.8 cm³/mol. The molecule has 0 aromatic heterocycles. The van der Waals surface area contributed by atoms with Crippen LogP contribution in [0.15, 0.2) is 0 Å². The molecule has 118 valence electrons. The minimum Gasteiger partial charge on any atom is -0.477 e. The number of imide groups is 1. The summed E-state index contributed by atoms with van der Waals surface area (Å²) < 4.78 is -0.533. The van der Waals surface area contributed by atoms with Gasteiger partial charge < -0.3 is 10.4 Å². The van der Waals surface area contributed by atoms with Crippen molar-refractivity contribution >= 4 is 30.4 Å². The number of hydrogen-bond acceptors (Lipinski definition) is 5. The summed E-state index contributed by atoms with van der Waals surface area (Å²) >= 11 is 4.14. The van der Waals surface area contributed by atoms with Crippen molar-refractivity contribution in [3.05, 3.63) is 0 Å². The van der Waals surface area contributed by atoms with Crippen molar-refractivity contribution < 1.29 is 24.0 Å². The van der Waals surface area contributed by atoms with E-state index in [9.17, 15) is 19.5 Å². The fourth-order valence-electron chi connectivity index (χ4n) is 3.50. The molecule has 2 heterocycles. The number of likely N-dealkylation sites (tertiary alicyclic amines) is 1. The summed E-state index contributed by atoms with van der Waals surface area (Å²) in [5, 5.41) is 12.6. The first-order chi connectivity index (χ1) is 9.95. The van der Waals surface area contributed by atoms with Gasteiger partial charge in [0.15, 0.2) is 0 Å². The fourth-order valence-corrected chi connectivity index (χ4v) is 3.66. The molecule has 0 aromatic rings. The second kappa shape index (κ2) is 6.46. The van der Waals surface area contributed by atoms with Crippen molar-refractivity contribution in [3.8, 4) is 0 Å². The normalized spacial score (nSPS) is 33.8. The van der Waals surface area contributed by atoms with E-state index in [1.165, 1.54) is 0 Å². The highest BCUT2D eigenvalue weighted by molar-refractivity contribution is 7.80. The molecule has 1 unspecified atom stereocenters. The van der Waals surface area contributed by atoms with Crippen LogP contribution in [0.3, 0.4) is 0 Å². The number of nitrogens with one attached hydrogen (secondary N) is 1. The van der Waals surface area contributed by atoms with Crippen molar-refractivity contribution in [1.29, 1.82) is 0 Å². The van der Waals surface area contributed by atoms with Crippen LogP contribution < -0.4 is 5.32 Å². The van der Waals surface area contributed by atoms with Gasteiger partial charge in [0.25, 0.3) is 0 Å². The largest absolute Gasteiger partial charge is 0.477 e. The van der Waals surface area contributed by atoms with Crippen LogP contribution in [0.1, 0.15) is 32.6 Å². The molecule has 6 nitrogen and oxygen atoms in total. The minimum atomic E-state index is -1.06. The molecule has 0 spiro atoms. The lowest BCUT2D eigenvalue weighted by atomic mass is 10.0. The van der Waals surface area contributed by atoms with Crippen molar-refractivity contribution in [2.45, 2.75) is 44.7 Å². The van der Waals surface area contributed by atoms with E-state index in [0.29, 0.717) is 31.6 Å². The molecule has 21 heavy (non-hydrogen) atoms. The van der Waals surface area contributed by atoms with Crippen molar-refractivity contribution in [3.63, 3.8) is 0 Å². The number of nitrogens with zero attached hydrogens (tertiary/aromatic N) is 1. The first kappa shape index (κ1) is 16.5. The number of quaternary nitrogens is 1. The van der Waals surface area contributed by atoms with Gasteiger partial charge in [-0.3, -0.25) is 0 Å². The van der Waals surface area contributed by atoms with E-state index >= 15 is 0 Å². The molecule has 2 amide bonds. The van der Waals surface area contributed by atoms with E-state index in [-0.39, 0.29) is 11.8 Å². The highest BCUT2D eigenvalue weighted by Crippen LogP contribution is 2.33. The molecule has 2 rings (SSSR count). The number of aliphatic carboxylic acids is 1. The first-order valence-electron chi connectivity index (χ1n) is 7.48. The first-order valence-corrected chi connectivity index (χ1v) is 8.12. The van der Waals surface area contributed by atoms with Crippen molar-refractivity contribution in [1.82, 2.24) is 5.32 Å². The summed E-state index contributed by atoms with van der Waals surface area (Å²) in [7, 11) is 0. The van der Waals surface area contributed by atoms with Gasteiger partial charge in [-0.2, -0.15) is 17.1 Å². The van der Waals surface area contributed by atoms with Crippen LogP contribution in [0.5, 0.6) is 0 Å². The maximum atomic E-state index is 12.9. The van der Waals surface area contributed by atoms with Crippen LogP contribution >= 0.6 is 12.6 Å². The average Bonchev–Trinajstić information content (AvgIpc) is 3.14. The summed E-state index contributed by atoms with van der Waals surface area (Å²) in [5.74, 6) is -1.74. The Balaban J connectivity index is 2.40. The SMILES string of the molecule is C[C@H](CS)C(=O)[N+]1(C(=O)[C@@H]2CCCN2)CCC[C@H]1C(=O)O. The number of carboxylic acids is 1. The zero-order chi connectivity index (χ0) is 15.6. The molecule has 2 aliphatic heterocycles. The Morgan fingerprint density at radius 1 is 1.33 bits per heavy atom. The number of carboxylic acid groups (broad SMARTS) is 1. The third-order valence-electron chi connectivity index (χ3n) is 4.65. The molecule has 4 atom stereocenters. The van der Waals surface area contributed by atoms with Crippen LogP contribution in [0.2, 0.25) is 0 Å². The Labute approximate surface area is 129 Å². The molecule has 0 aromatic carbocycles. The smallest absolute Gasteiger partial charge is 0.363 e. The standard InChI is InChI=1S/C14H22N2O4S/c1-9(8-21)12(17)16(7-3-5-11(16)14(19)20)13(18)10-4-2-6-15-10/h9-11,15H,2-8H2,1H3,(H-,19,20,21)/p+1/t9-,10+,11+,16?/m1/s1. The van der Waals surface area contributed by atoms with E-state index < -0.39 is 28.5 Å². The van der Waals surface area contributed by atoms with Gasteiger partial charge in [0.2, 0.25) is 6.04 Å². The topological polar surface area (TPSA) is 83.5 Å². The molecule has 0 saturated carbocycles. The average molecular weight is 315 g/mol. The number of carbonyl (C=O) groups excluding carboxylic acids is 2. The highest BCUT2D eigenvalue weighted by atomic mass is 32.1. The van der Waals surface area contributed by atoms with Crippen LogP contribution in [0.25, 0.3) is 0 Å². The third kappa shape index (κ3) is 2.74. The molecule has 0 radical (unpaired) electrons. The number of thiol groups is 1. The Morgan fingerprint density at radius 3 is 2.57 bits per heavy atom. The lowest BCUT2D eigenvalue weighted by Crippen LogP contribution is -2.67. The maximum Gasteiger partial charge on any atom is 0.363 e. The second-order valence-corrected chi connectivity index (χ2v) is 6.36. The van der Waals surface area contributed by atoms with Gasteiger partial charge >= 0.3 is 17.8 Å². The summed E-state index contributed by atoms with van der Waals surface area (Å²) in [4.78, 5) is 37.4. The van der Waals surface area contributed by atoms with Gasteiger partial charge in [-0.1, -0.05) is 0 Å². The molecule has 2 aliphatic rings. The van der Waals surface area contributed by atoms with E-state index in [1.807, 2.05) is 0 Å². The fraction of sp³-hybridized carbons (Fsp3) is 0.786. The molecule has 2 N–H and O–H groups in total. The summed E-state index contributed by atoms with van der Waals surface area (Å²) in [6.07, 6.45) is 2.51. The maximum absolute atomic E-state index is 12.9. The summed E-state index contributed by atoms with van der Waals surface area (Å²) in [5.41, 5.74) is 0. The highest BCUT2D eigenvalue weighted by Gasteiger charge is 2.59. The Bertz CT molecular complexity index is 450. The van der Waals surface area contributed by atoms with Crippen LogP contribution in [0, 0.1) is 5.92 Å². The summed E-state index contributed by atoms with van der Waals surface area (Å²) in [6, 6.07) is -1.35. The van der Waals surface area contributed by atoms with Crippen molar-refractivity contribution in [2.75, 3.05) is 18.8 Å². The van der Waals surface area contributed by atoms with Gasteiger partial charge in [0, 0.05) is 18.6 Å². The lowest BCUT2D eigenvalue weighted by molar-refractivity contribution is -0.785. The number of amides is 2. The molecule has 0 aliphatic carbocycles.